The molecule has 0 amide bonds. The average Bonchev–Trinajstić information content (AvgIpc) is 2.47. The van der Waals surface area contributed by atoms with Gasteiger partial charge in [-0.3, -0.25) is 0 Å². The SMILES string of the molecule is O=C1OC(c2ccc(CCl)cc2)Nc2ccccc21. The summed E-state index contributed by atoms with van der Waals surface area (Å²) in [6.45, 7) is 0. The van der Waals surface area contributed by atoms with Gasteiger partial charge < -0.3 is 10.1 Å². The van der Waals surface area contributed by atoms with Crippen LogP contribution in [0.2, 0.25) is 0 Å². The highest BCUT2D eigenvalue weighted by molar-refractivity contribution is 6.17. The molecule has 0 aromatic heterocycles. The lowest BCUT2D eigenvalue weighted by molar-refractivity contribution is 0.0330. The number of para-hydroxylation sites is 1. The molecule has 0 fully saturated rings. The molecule has 1 heterocycles. The van der Waals surface area contributed by atoms with Gasteiger partial charge >= 0.3 is 5.97 Å². The van der Waals surface area contributed by atoms with E-state index in [1.807, 2.05) is 42.5 Å². The van der Waals surface area contributed by atoms with Crippen LogP contribution in [0.5, 0.6) is 0 Å². The molecule has 2 aromatic carbocycles. The van der Waals surface area contributed by atoms with Gasteiger partial charge in [0.05, 0.1) is 11.3 Å². The van der Waals surface area contributed by atoms with Crippen LogP contribution in [-0.2, 0) is 10.6 Å². The number of nitrogens with one attached hydrogen (secondary N) is 1. The molecule has 19 heavy (non-hydrogen) atoms. The van der Waals surface area contributed by atoms with Crippen LogP contribution in [0.1, 0.15) is 27.7 Å². The largest absolute Gasteiger partial charge is 0.434 e. The first-order valence-electron chi connectivity index (χ1n) is 5.99. The Kier molecular flexibility index (Phi) is 3.13. The van der Waals surface area contributed by atoms with E-state index in [2.05, 4.69) is 5.32 Å². The Balaban J connectivity index is 1.90. The van der Waals surface area contributed by atoms with Gasteiger partial charge in [0.15, 0.2) is 6.23 Å². The highest BCUT2D eigenvalue weighted by atomic mass is 35.5. The third-order valence-electron chi connectivity index (χ3n) is 3.10. The first-order chi connectivity index (χ1) is 9.28. The van der Waals surface area contributed by atoms with Gasteiger partial charge in [-0.2, -0.15) is 0 Å². The molecule has 0 saturated carbocycles. The van der Waals surface area contributed by atoms with Crippen molar-refractivity contribution >= 4 is 23.3 Å². The van der Waals surface area contributed by atoms with Crippen molar-refractivity contribution < 1.29 is 9.53 Å². The van der Waals surface area contributed by atoms with E-state index in [1.165, 1.54) is 0 Å². The normalized spacial score (nSPS) is 17.3. The van der Waals surface area contributed by atoms with E-state index in [0.717, 1.165) is 16.8 Å². The average molecular weight is 274 g/mol. The summed E-state index contributed by atoms with van der Waals surface area (Å²) in [5, 5.41) is 3.21. The third-order valence-corrected chi connectivity index (χ3v) is 3.40. The van der Waals surface area contributed by atoms with Crippen LogP contribution < -0.4 is 5.32 Å². The molecule has 3 nitrogen and oxygen atoms in total. The van der Waals surface area contributed by atoms with Crippen molar-refractivity contribution in [3.8, 4) is 0 Å². The summed E-state index contributed by atoms with van der Waals surface area (Å²) in [5.74, 6) is 0.168. The number of carbonyl (C=O) groups excluding carboxylic acids is 1. The lowest BCUT2D eigenvalue weighted by atomic mass is 10.1. The maximum atomic E-state index is 11.9. The number of anilines is 1. The van der Waals surface area contributed by atoms with Gasteiger partial charge in [0.25, 0.3) is 0 Å². The molecule has 4 heteroatoms. The predicted molar refractivity (Wildman–Crippen MR) is 74.2 cm³/mol. The van der Waals surface area contributed by atoms with Crippen molar-refractivity contribution in [2.24, 2.45) is 0 Å². The van der Waals surface area contributed by atoms with Crippen molar-refractivity contribution in [1.82, 2.24) is 0 Å². The molecule has 1 atom stereocenters. The number of carbonyl (C=O) groups is 1. The number of halogens is 1. The monoisotopic (exact) mass is 273 g/mol. The van der Waals surface area contributed by atoms with Crippen molar-refractivity contribution in [3.05, 3.63) is 65.2 Å². The van der Waals surface area contributed by atoms with Crippen LogP contribution in [0.15, 0.2) is 48.5 Å². The van der Waals surface area contributed by atoms with Gasteiger partial charge in [0.2, 0.25) is 0 Å². The fraction of sp³-hybridized carbons (Fsp3) is 0.133. The number of hydrogen-bond donors (Lipinski definition) is 1. The number of cyclic esters (lactones) is 1. The Bertz CT molecular complexity index is 610. The minimum atomic E-state index is -0.452. The zero-order valence-electron chi connectivity index (χ0n) is 10.1. The Morgan fingerprint density at radius 3 is 2.58 bits per heavy atom. The van der Waals surface area contributed by atoms with E-state index in [1.54, 1.807) is 6.07 Å². The molecule has 1 aliphatic rings. The minimum absolute atomic E-state index is 0.305. The zero-order chi connectivity index (χ0) is 13.2. The number of rotatable bonds is 2. The highest BCUT2D eigenvalue weighted by Gasteiger charge is 2.26. The fourth-order valence-electron chi connectivity index (χ4n) is 2.06. The second-order valence-corrected chi connectivity index (χ2v) is 4.62. The summed E-state index contributed by atoms with van der Waals surface area (Å²) >= 11 is 5.75. The first-order valence-corrected chi connectivity index (χ1v) is 6.53. The molecule has 0 radical (unpaired) electrons. The van der Waals surface area contributed by atoms with E-state index in [4.69, 9.17) is 16.3 Å². The Morgan fingerprint density at radius 1 is 1.11 bits per heavy atom. The lowest BCUT2D eigenvalue weighted by Gasteiger charge is -2.26. The number of fused-ring (bicyclic) bond motifs is 1. The summed E-state index contributed by atoms with van der Waals surface area (Å²) in [5.41, 5.74) is 3.30. The van der Waals surface area contributed by atoms with Crippen molar-refractivity contribution in [2.45, 2.75) is 12.1 Å². The van der Waals surface area contributed by atoms with Gasteiger partial charge in [-0.05, 0) is 17.7 Å². The van der Waals surface area contributed by atoms with Crippen LogP contribution in [0.25, 0.3) is 0 Å². The van der Waals surface area contributed by atoms with Gasteiger partial charge in [-0.25, -0.2) is 4.79 Å². The molecule has 1 N–H and O–H groups in total. The number of esters is 1. The van der Waals surface area contributed by atoms with E-state index < -0.39 is 6.23 Å². The van der Waals surface area contributed by atoms with E-state index in [9.17, 15) is 4.79 Å². The van der Waals surface area contributed by atoms with Crippen LogP contribution in [0, 0.1) is 0 Å². The van der Waals surface area contributed by atoms with Crippen LogP contribution >= 0.6 is 11.6 Å². The maximum absolute atomic E-state index is 11.9. The zero-order valence-corrected chi connectivity index (χ0v) is 10.9. The standard InChI is InChI=1S/C15H12ClNO2/c16-9-10-5-7-11(8-6-10)14-17-13-4-2-1-3-12(13)15(18)19-14/h1-8,14,17H,9H2. The number of ether oxygens (including phenoxy) is 1. The lowest BCUT2D eigenvalue weighted by Crippen LogP contribution is -2.25. The van der Waals surface area contributed by atoms with Crippen LogP contribution in [-0.4, -0.2) is 5.97 Å². The van der Waals surface area contributed by atoms with Gasteiger partial charge in [0, 0.05) is 11.4 Å². The van der Waals surface area contributed by atoms with Crippen molar-refractivity contribution in [3.63, 3.8) is 0 Å². The molecule has 0 spiro atoms. The molecule has 2 aromatic rings. The predicted octanol–water partition coefficient (Wildman–Crippen LogP) is 3.71. The smallest absolute Gasteiger partial charge is 0.342 e. The molecule has 0 aliphatic carbocycles. The summed E-state index contributed by atoms with van der Waals surface area (Å²) in [6.07, 6.45) is -0.452. The number of alkyl halides is 1. The third kappa shape index (κ3) is 2.29. The molecule has 0 saturated heterocycles. The molecule has 3 rings (SSSR count). The summed E-state index contributed by atoms with van der Waals surface area (Å²) in [6, 6.07) is 15.0. The Hall–Kier alpha value is -2.00. The van der Waals surface area contributed by atoms with Crippen molar-refractivity contribution in [2.75, 3.05) is 5.32 Å². The maximum Gasteiger partial charge on any atom is 0.342 e. The molecule has 0 bridgehead atoms. The van der Waals surface area contributed by atoms with E-state index in [-0.39, 0.29) is 5.97 Å². The number of benzene rings is 2. The molecular weight excluding hydrogens is 262 g/mol. The summed E-state index contributed by atoms with van der Waals surface area (Å²) in [4.78, 5) is 11.9. The molecular formula is C15H12ClNO2. The first kappa shape index (κ1) is 12.1. The Labute approximate surface area is 116 Å². The second-order valence-electron chi connectivity index (χ2n) is 4.35. The molecule has 1 unspecified atom stereocenters. The van der Waals surface area contributed by atoms with Crippen molar-refractivity contribution in [1.29, 1.82) is 0 Å². The van der Waals surface area contributed by atoms with Gasteiger partial charge in [-0.1, -0.05) is 36.4 Å². The highest BCUT2D eigenvalue weighted by Crippen LogP contribution is 2.30. The molecule has 96 valence electrons. The van der Waals surface area contributed by atoms with Crippen LogP contribution in [0.4, 0.5) is 5.69 Å². The van der Waals surface area contributed by atoms with E-state index in [0.29, 0.717) is 11.4 Å². The summed E-state index contributed by atoms with van der Waals surface area (Å²) in [7, 11) is 0. The fourth-order valence-corrected chi connectivity index (χ4v) is 2.24. The van der Waals surface area contributed by atoms with E-state index >= 15 is 0 Å². The second kappa shape index (κ2) is 4.94. The topological polar surface area (TPSA) is 38.3 Å². The Morgan fingerprint density at radius 2 is 1.84 bits per heavy atom. The molecule has 1 aliphatic heterocycles. The quantitative estimate of drug-likeness (QED) is 0.670. The van der Waals surface area contributed by atoms with Crippen LogP contribution in [0.3, 0.4) is 0 Å². The van der Waals surface area contributed by atoms with Gasteiger partial charge in [-0.15, -0.1) is 11.6 Å². The summed E-state index contributed by atoms with van der Waals surface area (Å²) < 4.78 is 5.39. The minimum Gasteiger partial charge on any atom is -0.434 e. The number of hydrogen-bond acceptors (Lipinski definition) is 3. The van der Waals surface area contributed by atoms with Gasteiger partial charge in [0.1, 0.15) is 0 Å².